The van der Waals surface area contributed by atoms with Gasteiger partial charge >= 0.3 is 6.18 Å². The quantitative estimate of drug-likeness (QED) is 0.503. The lowest BCUT2D eigenvalue weighted by molar-refractivity contribution is -0.139. The fourth-order valence-electron chi connectivity index (χ4n) is 5.24. The number of anilines is 1. The number of benzene rings is 2. The van der Waals surface area contributed by atoms with Gasteiger partial charge in [-0.05, 0) is 56.3 Å². The third-order valence-corrected chi connectivity index (χ3v) is 6.75. The highest BCUT2D eigenvalue weighted by Crippen LogP contribution is 2.59. The van der Waals surface area contributed by atoms with Gasteiger partial charge in [-0.25, -0.2) is 0 Å². The predicted octanol–water partition coefficient (Wildman–Crippen LogP) is 5.41. The van der Waals surface area contributed by atoms with Crippen LogP contribution in [0.3, 0.4) is 0 Å². The molecule has 6 nitrogen and oxygen atoms in total. The van der Waals surface area contributed by atoms with Crippen molar-refractivity contribution in [3.8, 4) is 23.5 Å². The predicted molar refractivity (Wildman–Crippen MR) is 118 cm³/mol. The molecule has 1 saturated heterocycles. The van der Waals surface area contributed by atoms with E-state index in [-0.39, 0.29) is 5.69 Å². The van der Waals surface area contributed by atoms with Gasteiger partial charge in [-0.2, -0.15) is 18.4 Å². The van der Waals surface area contributed by atoms with Crippen molar-refractivity contribution in [1.29, 1.82) is 5.26 Å². The minimum atomic E-state index is -4.78. The Labute approximate surface area is 198 Å². The van der Waals surface area contributed by atoms with Crippen LogP contribution in [0.25, 0.3) is 5.69 Å². The fraction of sp³-hybridized carbons (Fsp3) is 0.292. The molecule has 0 spiro atoms. The lowest BCUT2D eigenvalue weighted by atomic mass is 9.94. The summed E-state index contributed by atoms with van der Waals surface area (Å²) in [5.41, 5.74) is -2.39. The number of nitrogens with zero attached hydrogens (tertiary/aromatic N) is 3. The molecule has 34 heavy (non-hydrogen) atoms. The topological polar surface area (TPSA) is 81.7 Å². The molecule has 1 fully saturated rings. The number of fused-ring (bicyclic) bond motifs is 5. The molecule has 5 rings (SSSR count). The smallest absolute Gasteiger partial charge is 0.417 e. The minimum absolute atomic E-state index is 0.115. The number of hydrogen-bond donors (Lipinski definition) is 2. The number of morpholine rings is 1. The van der Waals surface area contributed by atoms with E-state index >= 15 is 0 Å². The maximum Gasteiger partial charge on any atom is 0.417 e. The van der Waals surface area contributed by atoms with Gasteiger partial charge < -0.3 is 19.8 Å². The third kappa shape index (κ3) is 3.13. The van der Waals surface area contributed by atoms with Crippen LogP contribution in [0.4, 0.5) is 18.9 Å². The molecule has 1 aromatic heterocycles. The van der Waals surface area contributed by atoms with Crippen molar-refractivity contribution in [3.63, 3.8) is 0 Å². The molecule has 0 saturated carbocycles. The maximum absolute atomic E-state index is 13.5. The van der Waals surface area contributed by atoms with Gasteiger partial charge in [0.05, 0.1) is 47.1 Å². The summed E-state index contributed by atoms with van der Waals surface area (Å²) >= 11 is 6.01. The van der Waals surface area contributed by atoms with E-state index in [1.54, 1.807) is 26.0 Å². The Morgan fingerprint density at radius 2 is 1.50 bits per heavy atom. The normalized spacial score (nSPS) is 23.6. The Hall–Kier alpha value is -3.35. The summed E-state index contributed by atoms with van der Waals surface area (Å²) < 4.78 is 47.8. The summed E-state index contributed by atoms with van der Waals surface area (Å²) in [4.78, 5) is 2.05. The van der Waals surface area contributed by atoms with Gasteiger partial charge in [-0.15, -0.1) is 0 Å². The monoisotopic (exact) mass is 489 g/mol. The second-order valence-corrected chi connectivity index (χ2v) is 9.40. The summed E-state index contributed by atoms with van der Waals surface area (Å²) in [5.74, 6) is -0.816. The molecule has 10 heteroatoms. The molecular formula is C24H19ClF3N3O3. The fourth-order valence-corrected chi connectivity index (χ4v) is 5.36. The van der Waals surface area contributed by atoms with Gasteiger partial charge in [0.1, 0.15) is 11.2 Å². The van der Waals surface area contributed by atoms with E-state index in [1.165, 1.54) is 12.1 Å². The largest absolute Gasteiger partial charge is 0.494 e. The Morgan fingerprint density at radius 3 is 2.00 bits per heavy atom. The lowest BCUT2D eigenvalue weighted by Crippen LogP contribution is -2.51. The number of aromatic nitrogens is 1. The summed E-state index contributed by atoms with van der Waals surface area (Å²) in [6, 6.07) is 11.8. The molecule has 2 N–H and O–H groups in total. The molecule has 0 amide bonds. The minimum Gasteiger partial charge on any atom is -0.494 e. The number of aromatic hydroxyl groups is 2. The highest BCUT2D eigenvalue weighted by Gasteiger charge is 2.59. The molecule has 2 aliphatic rings. The van der Waals surface area contributed by atoms with E-state index in [9.17, 15) is 23.4 Å². The van der Waals surface area contributed by atoms with Crippen LogP contribution in [-0.4, -0.2) is 27.9 Å². The molecule has 2 atom stereocenters. The highest BCUT2D eigenvalue weighted by atomic mass is 35.5. The van der Waals surface area contributed by atoms with Gasteiger partial charge in [-0.1, -0.05) is 11.6 Å². The Morgan fingerprint density at radius 1 is 0.971 bits per heavy atom. The third-order valence-electron chi connectivity index (χ3n) is 6.49. The van der Waals surface area contributed by atoms with Crippen LogP contribution in [0.5, 0.6) is 11.8 Å². The van der Waals surface area contributed by atoms with Gasteiger partial charge in [-0.3, -0.25) is 4.57 Å². The maximum atomic E-state index is 13.5. The van der Waals surface area contributed by atoms with Crippen LogP contribution in [0.2, 0.25) is 5.02 Å². The van der Waals surface area contributed by atoms with Crippen LogP contribution in [0, 0.1) is 11.3 Å². The summed E-state index contributed by atoms with van der Waals surface area (Å²) in [6.45, 7) is 4.19. The zero-order chi connectivity index (χ0) is 24.6. The lowest BCUT2D eigenvalue weighted by Gasteiger charge is -2.45. The second-order valence-electron chi connectivity index (χ2n) is 8.97. The van der Waals surface area contributed by atoms with Gasteiger partial charge in [0, 0.05) is 10.7 Å². The first-order valence-electron chi connectivity index (χ1n) is 10.4. The van der Waals surface area contributed by atoms with Crippen molar-refractivity contribution in [2.45, 2.75) is 31.2 Å². The molecule has 2 aliphatic heterocycles. The average molecular weight is 490 g/mol. The molecular weight excluding hydrogens is 471 g/mol. The van der Waals surface area contributed by atoms with E-state index in [1.807, 2.05) is 17.0 Å². The number of alkyl halides is 3. The van der Waals surface area contributed by atoms with E-state index < -0.39 is 40.3 Å². The van der Waals surface area contributed by atoms with Crippen molar-refractivity contribution < 1.29 is 28.1 Å². The number of halogens is 4. The summed E-state index contributed by atoms with van der Waals surface area (Å²) in [5, 5.41) is 32.0. The van der Waals surface area contributed by atoms with Crippen LogP contribution in [0.15, 0.2) is 42.5 Å². The van der Waals surface area contributed by atoms with Crippen LogP contribution in [0.1, 0.15) is 36.1 Å². The Balaban J connectivity index is 1.64. The van der Waals surface area contributed by atoms with Crippen LogP contribution in [-0.2, 0) is 22.1 Å². The molecule has 0 radical (unpaired) electrons. The average Bonchev–Trinajstić information content (AvgIpc) is 3.13. The Kier molecular flexibility index (Phi) is 4.67. The molecule has 3 heterocycles. The number of rotatable bonds is 2. The van der Waals surface area contributed by atoms with E-state index in [4.69, 9.17) is 21.6 Å². The zero-order valence-electron chi connectivity index (χ0n) is 18.1. The second kappa shape index (κ2) is 7.08. The van der Waals surface area contributed by atoms with Crippen molar-refractivity contribution in [3.05, 3.63) is 69.7 Å². The van der Waals surface area contributed by atoms with Crippen molar-refractivity contribution >= 4 is 17.3 Å². The van der Waals surface area contributed by atoms with E-state index in [2.05, 4.69) is 0 Å². The first-order valence-corrected chi connectivity index (χ1v) is 10.8. The summed E-state index contributed by atoms with van der Waals surface area (Å²) in [6.07, 6.45) is -4.78. The first-order chi connectivity index (χ1) is 15.9. The van der Waals surface area contributed by atoms with Crippen molar-refractivity contribution in [2.75, 3.05) is 18.0 Å². The highest BCUT2D eigenvalue weighted by molar-refractivity contribution is 6.30. The SMILES string of the molecule is C[C@]12CN(c3ccc(Cl)cc3)C[C@](C)(O1)c1c2c(O)n(-c2ccc(C#N)c(C(F)(F)F)c2)c1O. The van der Waals surface area contributed by atoms with Crippen molar-refractivity contribution in [2.24, 2.45) is 0 Å². The van der Waals surface area contributed by atoms with Gasteiger partial charge in [0.2, 0.25) is 11.8 Å². The zero-order valence-corrected chi connectivity index (χ0v) is 18.9. The molecule has 0 unspecified atom stereocenters. The standard InChI is InChI=1S/C24H19ClF3N3O3/c1-22-11-30(15-7-4-14(25)5-8-15)12-23(2,34-22)19-18(22)20(32)31(21(19)33)16-6-3-13(10-29)17(9-16)24(26,27)28/h3-9,32-33H,11-12H2,1-2H3/t22-,23+. The number of hydrogen-bond acceptors (Lipinski definition) is 5. The molecule has 2 bridgehead atoms. The number of nitriles is 1. The van der Waals surface area contributed by atoms with Gasteiger partial charge in [0.15, 0.2) is 0 Å². The van der Waals surface area contributed by atoms with Gasteiger partial charge in [0.25, 0.3) is 0 Å². The molecule has 176 valence electrons. The van der Waals surface area contributed by atoms with Crippen LogP contribution < -0.4 is 4.90 Å². The van der Waals surface area contributed by atoms with Crippen LogP contribution >= 0.6 is 11.6 Å². The van der Waals surface area contributed by atoms with E-state index in [0.29, 0.717) is 29.2 Å². The van der Waals surface area contributed by atoms with Crippen molar-refractivity contribution in [1.82, 2.24) is 4.57 Å². The molecule has 2 aromatic carbocycles. The molecule has 3 aromatic rings. The Bertz CT molecular complexity index is 1320. The number of ether oxygens (including phenoxy) is 1. The summed E-state index contributed by atoms with van der Waals surface area (Å²) in [7, 11) is 0. The molecule has 0 aliphatic carbocycles. The van der Waals surface area contributed by atoms with E-state index in [0.717, 1.165) is 22.4 Å². The first kappa shape index (κ1) is 22.4.